The van der Waals surface area contributed by atoms with E-state index >= 15 is 0 Å². The van der Waals surface area contributed by atoms with E-state index in [1.54, 1.807) is 4.68 Å². The van der Waals surface area contributed by atoms with Crippen LogP contribution in [0.4, 0.5) is 0 Å². The summed E-state index contributed by atoms with van der Waals surface area (Å²) in [4.78, 5) is 7.29. The summed E-state index contributed by atoms with van der Waals surface area (Å²) in [7, 11) is 0. The number of benzene rings is 2. The Morgan fingerprint density at radius 2 is 1.83 bits per heavy atom. The van der Waals surface area contributed by atoms with Crippen molar-refractivity contribution in [3.05, 3.63) is 84.1 Å². The van der Waals surface area contributed by atoms with E-state index in [-0.39, 0.29) is 0 Å². The quantitative estimate of drug-likeness (QED) is 0.232. The lowest BCUT2D eigenvalue weighted by atomic mass is 9.98. The fourth-order valence-corrected chi connectivity index (χ4v) is 4.27. The Kier molecular flexibility index (Phi) is 7.90. The molecule has 4 N–H and O–H groups in total. The molecule has 0 unspecified atom stereocenters. The van der Waals surface area contributed by atoms with Gasteiger partial charge in [-0.25, -0.2) is 4.98 Å². The minimum Gasteiger partial charge on any atom is -0.339 e. The van der Waals surface area contributed by atoms with Gasteiger partial charge in [0.25, 0.3) is 0 Å². The van der Waals surface area contributed by atoms with Crippen molar-refractivity contribution in [1.29, 1.82) is 0 Å². The number of aromatic nitrogens is 2. The van der Waals surface area contributed by atoms with Crippen LogP contribution < -0.4 is 11.6 Å². The second kappa shape index (κ2) is 11.3. The number of hydrogen-bond donors (Lipinski definition) is 2. The molecule has 5 heteroatoms. The number of fused-ring (bicyclic) bond motifs is 2. The summed E-state index contributed by atoms with van der Waals surface area (Å²) in [6, 6.07) is 14.6. The van der Waals surface area contributed by atoms with Crippen molar-refractivity contribution in [2.24, 2.45) is 5.73 Å². The van der Waals surface area contributed by atoms with Gasteiger partial charge in [0.05, 0.1) is 23.3 Å². The molecule has 0 aliphatic carbocycles. The van der Waals surface area contributed by atoms with Crippen molar-refractivity contribution in [3.63, 3.8) is 0 Å². The number of pyridine rings is 1. The summed E-state index contributed by atoms with van der Waals surface area (Å²) in [5.41, 5.74) is 13.1. The van der Waals surface area contributed by atoms with Gasteiger partial charge < -0.3 is 11.6 Å². The summed E-state index contributed by atoms with van der Waals surface area (Å²) in [5.74, 6) is 12.8. The molecule has 0 spiro atoms. The van der Waals surface area contributed by atoms with E-state index in [1.807, 2.05) is 19.2 Å². The molecule has 5 nitrogen and oxygen atoms in total. The molecular formula is C31H35N5. The average Bonchev–Trinajstić information content (AvgIpc) is 3.51. The first kappa shape index (κ1) is 25.2. The number of allylic oxidation sites excluding steroid dienone is 1. The Morgan fingerprint density at radius 1 is 1.08 bits per heavy atom. The Hall–Kier alpha value is -3.85. The van der Waals surface area contributed by atoms with Crippen LogP contribution >= 0.6 is 0 Å². The fourth-order valence-electron chi connectivity index (χ4n) is 4.27. The monoisotopic (exact) mass is 477 g/mol. The van der Waals surface area contributed by atoms with Gasteiger partial charge in [0.15, 0.2) is 0 Å². The van der Waals surface area contributed by atoms with Crippen molar-refractivity contribution in [2.45, 2.75) is 27.2 Å². The molecule has 1 aliphatic heterocycles. The number of nitrogens with zero attached hydrogens (tertiary/aromatic N) is 3. The van der Waals surface area contributed by atoms with Crippen LogP contribution in [-0.2, 0) is 0 Å². The van der Waals surface area contributed by atoms with Crippen LogP contribution in [-0.4, -0.2) is 40.7 Å². The second-order valence-electron chi connectivity index (χ2n) is 9.29. The van der Waals surface area contributed by atoms with E-state index in [4.69, 9.17) is 16.6 Å². The van der Waals surface area contributed by atoms with E-state index in [2.05, 4.69) is 85.7 Å². The first-order chi connectivity index (χ1) is 17.4. The summed E-state index contributed by atoms with van der Waals surface area (Å²) < 4.78 is 1.67. The third-order valence-corrected chi connectivity index (χ3v) is 6.25. The first-order valence-electron chi connectivity index (χ1n) is 12.5. The van der Waals surface area contributed by atoms with E-state index in [1.165, 1.54) is 5.56 Å². The number of hydrogen-bond acceptors (Lipinski definition) is 4. The van der Waals surface area contributed by atoms with Gasteiger partial charge in [0, 0.05) is 41.2 Å². The fraction of sp³-hybridized carbons (Fsp3) is 0.258. The van der Waals surface area contributed by atoms with Gasteiger partial charge >= 0.3 is 0 Å². The summed E-state index contributed by atoms with van der Waals surface area (Å²) in [5, 5.41) is 2.18. The van der Waals surface area contributed by atoms with Gasteiger partial charge in [0.2, 0.25) is 0 Å². The van der Waals surface area contributed by atoms with Crippen LogP contribution in [0.2, 0.25) is 0 Å². The lowest BCUT2D eigenvalue weighted by Gasteiger charge is -2.10. The van der Waals surface area contributed by atoms with Crippen molar-refractivity contribution in [2.75, 3.05) is 32.0 Å². The predicted molar refractivity (Wildman–Crippen MR) is 154 cm³/mol. The molecule has 2 aromatic carbocycles. The predicted octanol–water partition coefficient (Wildman–Crippen LogP) is 5.49. The Morgan fingerprint density at radius 3 is 2.53 bits per heavy atom. The van der Waals surface area contributed by atoms with Crippen LogP contribution in [0.15, 0.2) is 67.4 Å². The van der Waals surface area contributed by atoms with Crippen LogP contribution in [0.5, 0.6) is 0 Å². The molecule has 0 radical (unpaired) electrons. The normalized spacial score (nSPS) is 12.9. The molecule has 1 aliphatic rings. The zero-order valence-corrected chi connectivity index (χ0v) is 21.5. The summed E-state index contributed by atoms with van der Waals surface area (Å²) in [6.07, 6.45) is 7.42. The van der Waals surface area contributed by atoms with E-state index in [9.17, 15) is 0 Å². The number of aryl methyl sites for hydroxylation is 1. The molecule has 0 saturated heterocycles. The molecule has 0 amide bonds. The standard InChI is InChI=1S/C28H26N4.C3H9N/c1-19(2)22-17-27(25-18-32(29)28-11-8-20(3)15-24(25)28)30-26-10-9-21(16-23(22)26)7-6-14-31-12-4-5-13-31;1-2-3-4/h4-5,8-11,15-18H,1,12-14,29H2,2-3H3;2-4H2,1H3. The van der Waals surface area contributed by atoms with Gasteiger partial charge in [-0.3, -0.25) is 9.58 Å². The second-order valence-corrected chi connectivity index (χ2v) is 9.29. The molecule has 3 heterocycles. The lowest BCUT2D eigenvalue weighted by Crippen LogP contribution is -2.19. The van der Waals surface area contributed by atoms with Gasteiger partial charge in [0.1, 0.15) is 0 Å². The molecule has 5 rings (SSSR count). The van der Waals surface area contributed by atoms with Gasteiger partial charge in [-0.1, -0.05) is 54.7 Å². The number of nitrogen functional groups attached to an aromatic ring is 1. The Bertz CT molecular complexity index is 1490. The van der Waals surface area contributed by atoms with E-state index in [0.717, 1.165) is 82.4 Å². The third-order valence-electron chi connectivity index (χ3n) is 6.25. The largest absolute Gasteiger partial charge is 0.339 e. The number of nitrogens with two attached hydrogens (primary N) is 2. The van der Waals surface area contributed by atoms with Gasteiger partial charge in [-0.05, 0) is 68.8 Å². The summed E-state index contributed by atoms with van der Waals surface area (Å²) >= 11 is 0. The molecule has 0 atom stereocenters. The average molecular weight is 478 g/mol. The smallest absolute Gasteiger partial charge is 0.0738 e. The van der Waals surface area contributed by atoms with Crippen LogP contribution in [0.3, 0.4) is 0 Å². The van der Waals surface area contributed by atoms with Crippen LogP contribution in [0.25, 0.3) is 38.6 Å². The first-order valence-corrected chi connectivity index (χ1v) is 12.5. The molecular weight excluding hydrogens is 442 g/mol. The van der Waals surface area contributed by atoms with Crippen LogP contribution in [0, 0.1) is 18.8 Å². The van der Waals surface area contributed by atoms with Gasteiger partial charge in [-0.15, -0.1) is 0 Å². The van der Waals surface area contributed by atoms with Crippen molar-refractivity contribution < 1.29 is 0 Å². The molecule has 4 aromatic rings. The lowest BCUT2D eigenvalue weighted by molar-refractivity contribution is 0.399. The third kappa shape index (κ3) is 5.52. The van der Waals surface area contributed by atoms with Crippen molar-refractivity contribution in [1.82, 2.24) is 14.6 Å². The van der Waals surface area contributed by atoms with Crippen molar-refractivity contribution in [3.8, 4) is 23.1 Å². The molecule has 0 bridgehead atoms. The highest BCUT2D eigenvalue weighted by molar-refractivity contribution is 5.99. The van der Waals surface area contributed by atoms with Crippen molar-refractivity contribution >= 4 is 27.4 Å². The van der Waals surface area contributed by atoms with E-state index in [0.29, 0.717) is 0 Å². The highest BCUT2D eigenvalue weighted by atomic mass is 15.3. The minimum absolute atomic E-state index is 0.776. The van der Waals surface area contributed by atoms with Crippen LogP contribution in [0.1, 0.15) is 37.0 Å². The molecule has 2 aromatic heterocycles. The van der Waals surface area contributed by atoms with E-state index < -0.39 is 0 Å². The molecule has 36 heavy (non-hydrogen) atoms. The molecule has 0 saturated carbocycles. The maximum Gasteiger partial charge on any atom is 0.0738 e. The molecule has 184 valence electrons. The Labute approximate surface area is 214 Å². The zero-order chi connectivity index (χ0) is 25.7. The Balaban J connectivity index is 0.000000709. The topological polar surface area (TPSA) is 73.1 Å². The maximum absolute atomic E-state index is 6.24. The zero-order valence-electron chi connectivity index (χ0n) is 21.5. The molecule has 0 fully saturated rings. The summed E-state index contributed by atoms with van der Waals surface area (Å²) in [6.45, 7) is 14.0. The maximum atomic E-state index is 6.24. The minimum atomic E-state index is 0.776. The van der Waals surface area contributed by atoms with Gasteiger partial charge in [-0.2, -0.15) is 0 Å². The highest BCUT2D eigenvalue weighted by Gasteiger charge is 2.14. The number of rotatable bonds is 4. The highest BCUT2D eigenvalue weighted by Crippen LogP contribution is 2.33. The SMILES string of the molecule is C=C(C)c1cc(-c2cn(N)c3ccc(C)cc23)nc2ccc(C#CCN3CC=CC3)cc12.CCCN.